The molecule has 1 aromatic carbocycles. The van der Waals surface area contributed by atoms with Gasteiger partial charge in [-0.2, -0.15) is 13.2 Å². The topological polar surface area (TPSA) is 29.5 Å². The first-order valence-electron chi connectivity index (χ1n) is 4.88. The summed E-state index contributed by atoms with van der Waals surface area (Å²) in [5, 5.41) is 9.92. The van der Waals surface area contributed by atoms with Gasteiger partial charge >= 0.3 is 6.18 Å². The highest BCUT2D eigenvalue weighted by Gasteiger charge is 2.60. The third-order valence-electron chi connectivity index (χ3n) is 2.93. The zero-order valence-corrected chi connectivity index (χ0v) is 8.58. The summed E-state index contributed by atoms with van der Waals surface area (Å²) in [5.74, 6) is -0.928. The zero-order chi connectivity index (χ0) is 12.0. The van der Waals surface area contributed by atoms with Crippen LogP contribution in [0.25, 0.3) is 0 Å². The fraction of sp³-hybridized carbons (Fsp3) is 0.455. The molecule has 2 rings (SSSR count). The van der Waals surface area contributed by atoms with E-state index in [1.54, 1.807) is 6.07 Å². The van der Waals surface area contributed by atoms with Crippen LogP contribution >= 0.6 is 0 Å². The molecule has 0 bridgehead atoms. The first-order valence-corrected chi connectivity index (χ1v) is 4.88. The molecule has 2 atom stereocenters. The Kier molecular flexibility index (Phi) is 2.38. The number of ether oxygens (including phenoxy) is 1. The van der Waals surface area contributed by atoms with E-state index < -0.39 is 17.7 Å². The molecule has 0 radical (unpaired) electrons. The van der Waals surface area contributed by atoms with E-state index in [9.17, 15) is 18.3 Å². The standard InChI is InChI=1S/C11H11F3O2/c1-7-6-16-9-5-3-2-4-8(9)10(7,15)11(12,13)14/h2-5,7,15H,6H2,1H3. The van der Waals surface area contributed by atoms with Gasteiger partial charge in [-0.05, 0) is 6.07 Å². The van der Waals surface area contributed by atoms with Crippen LogP contribution in [-0.2, 0) is 5.60 Å². The van der Waals surface area contributed by atoms with Crippen molar-refractivity contribution in [3.8, 4) is 5.75 Å². The van der Waals surface area contributed by atoms with Gasteiger partial charge in [-0.25, -0.2) is 0 Å². The molecule has 1 aliphatic heterocycles. The van der Waals surface area contributed by atoms with Crippen LogP contribution in [0.4, 0.5) is 13.2 Å². The number of halogens is 3. The summed E-state index contributed by atoms with van der Waals surface area (Å²) in [4.78, 5) is 0. The second-order valence-electron chi connectivity index (χ2n) is 3.97. The zero-order valence-electron chi connectivity index (χ0n) is 8.58. The molecule has 1 heterocycles. The SMILES string of the molecule is CC1COc2ccccc2C1(O)C(F)(F)F. The Bertz CT molecular complexity index is 402. The van der Waals surface area contributed by atoms with Crippen LogP contribution < -0.4 is 4.74 Å². The maximum atomic E-state index is 12.9. The van der Waals surface area contributed by atoms with Gasteiger partial charge in [-0.3, -0.25) is 0 Å². The van der Waals surface area contributed by atoms with Crippen LogP contribution in [0.5, 0.6) is 5.75 Å². The van der Waals surface area contributed by atoms with E-state index in [2.05, 4.69) is 0 Å². The molecule has 5 heteroatoms. The maximum absolute atomic E-state index is 12.9. The van der Waals surface area contributed by atoms with Crippen LogP contribution in [0, 0.1) is 5.92 Å². The van der Waals surface area contributed by atoms with Crippen LogP contribution in [-0.4, -0.2) is 17.9 Å². The lowest BCUT2D eigenvalue weighted by Gasteiger charge is -2.40. The molecule has 0 aliphatic carbocycles. The summed E-state index contributed by atoms with van der Waals surface area (Å²) in [7, 11) is 0. The third kappa shape index (κ3) is 1.38. The molecule has 2 nitrogen and oxygen atoms in total. The van der Waals surface area contributed by atoms with Crippen LogP contribution in [0.3, 0.4) is 0 Å². The van der Waals surface area contributed by atoms with Crippen molar-refractivity contribution >= 4 is 0 Å². The number of rotatable bonds is 0. The van der Waals surface area contributed by atoms with Crippen LogP contribution in [0.15, 0.2) is 24.3 Å². The number of alkyl halides is 3. The molecule has 0 saturated carbocycles. The van der Waals surface area contributed by atoms with Gasteiger partial charge < -0.3 is 9.84 Å². The lowest BCUT2D eigenvalue weighted by atomic mass is 9.80. The molecule has 1 N–H and O–H groups in total. The summed E-state index contributed by atoms with van der Waals surface area (Å²) in [6.45, 7) is 1.18. The molecule has 88 valence electrons. The monoisotopic (exact) mass is 232 g/mol. The predicted octanol–water partition coefficient (Wildman–Crippen LogP) is 2.47. The minimum atomic E-state index is -4.70. The highest BCUT2D eigenvalue weighted by atomic mass is 19.4. The van der Waals surface area contributed by atoms with E-state index in [0.29, 0.717) is 0 Å². The van der Waals surface area contributed by atoms with Crippen molar-refractivity contribution in [3.63, 3.8) is 0 Å². The average molecular weight is 232 g/mol. The molecule has 2 unspecified atom stereocenters. The third-order valence-corrected chi connectivity index (χ3v) is 2.93. The van der Waals surface area contributed by atoms with Crippen molar-refractivity contribution in [2.75, 3.05) is 6.61 Å². The molecule has 0 spiro atoms. The fourth-order valence-electron chi connectivity index (χ4n) is 1.94. The molecule has 0 saturated heterocycles. The Morgan fingerprint density at radius 2 is 2.00 bits per heavy atom. The predicted molar refractivity (Wildman–Crippen MR) is 51.1 cm³/mol. The fourth-order valence-corrected chi connectivity index (χ4v) is 1.94. The quantitative estimate of drug-likeness (QED) is 0.744. The van der Waals surface area contributed by atoms with E-state index in [0.717, 1.165) is 0 Å². The Balaban J connectivity index is 2.61. The molecular weight excluding hydrogens is 221 g/mol. The first kappa shape index (κ1) is 11.3. The highest BCUT2D eigenvalue weighted by Crippen LogP contribution is 2.49. The van der Waals surface area contributed by atoms with Crippen molar-refractivity contribution in [2.24, 2.45) is 5.92 Å². The Labute approximate surface area is 90.7 Å². The molecule has 1 aliphatic rings. The molecular formula is C11H11F3O2. The van der Waals surface area contributed by atoms with E-state index in [1.807, 2.05) is 0 Å². The number of aliphatic hydroxyl groups is 1. The largest absolute Gasteiger partial charge is 0.493 e. The number of benzene rings is 1. The Hall–Kier alpha value is -1.23. The van der Waals surface area contributed by atoms with Crippen LogP contribution in [0.1, 0.15) is 12.5 Å². The van der Waals surface area contributed by atoms with Gasteiger partial charge in [-0.1, -0.05) is 25.1 Å². The van der Waals surface area contributed by atoms with Gasteiger partial charge in [0, 0.05) is 11.5 Å². The molecule has 0 amide bonds. The normalized spacial score (nSPS) is 29.4. The second kappa shape index (κ2) is 3.38. The Morgan fingerprint density at radius 1 is 1.38 bits per heavy atom. The average Bonchev–Trinajstić information content (AvgIpc) is 2.22. The summed E-state index contributed by atoms with van der Waals surface area (Å²) in [6.07, 6.45) is -4.70. The summed E-state index contributed by atoms with van der Waals surface area (Å²) < 4.78 is 44.0. The number of fused-ring (bicyclic) bond motifs is 1. The lowest BCUT2D eigenvalue weighted by Crippen LogP contribution is -2.51. The molecule has 16 heavy (non-hydrogen) atoms. The van der Waals surface area contributed by atoms with Crippen molar-refractivity contribution in [1.29, 1.82) is 0 Å². The van der Waals surface area contributed by atoms with Gasteiger partial charge in [0.2, 0.25) is 0 Å². The minimum absolute atomic E-state index is 0.0976. The van der Waals surface area contributed by atoms with Crippen LogP contribution in [0.2, 0.25) is 0 Å². The number of para-hydroxylation sites is 1. The smallest absolute Gasteiger partial charge is 0.421 e. The first-order chi connectivity index (χ1) is 7.37. The van der Waals surface area contributed by atoms with Gasteiger partial charge in [0.1, 0.15) is 5.75 Å². The summed E-state index contributed by atoms with van der Waals surface area (Å²) in [6, 6.07) is 5.71. The van der Waals surface area contributed by atoms with Gasteiger partial charge in [-0.15, -0.1) is 0 Å². The summed E-state index contributed by atoms with van der Waals surface area (Å²) in [5.41, 5.74) is -3.02. The molecule has 0 fully saturated rings. The number of hydrogen-bond acceptors (Lipinski definition) is 2. The minimum Gasteiger partial charge on any atom is -0.493 e. The lowest BCUT2D eigenvalue weighted by molar-refractivity contribution is -0.292. The van der Waals surface area contributed by atoms with E-state index in [1.165, 1.54) is 25.1 Å². The Morgan fingerprint density at radius 3 is 2.62 bits per heavy atom. The number of hydrogen-bond donors (Lipinski definition) is 1. The van der Waals surface area contributed by atoms with Crippen molar-refractivity contribution in [3.05, 3.63) is 29.8 Å². The molecule has 1 aromatic rings. The summed E-state index contributed by atoms with van der Waals surface area (Å²) >= 11 is 0. The van der Waals surface area contributed by atoms with Gasteiger partial charge in [0.25, 0.3) is 0 Å². The van der Waals surface area contributed by atoms with Crippen molar-refractivity contribution < 1.29 is 23.0 Å². The van der Waals surface area contributed by atoms with E-state index >= 15 is 0 Å². The van der Waals surface area contributed by atoms with Crippen molar-refractivity contribution in [2.45, 2.75) is 18.7 Å². The van der Waals surface area contributed by atoms with E-state index in [4.69, 9.17) is 4.74 Å². The van der Waals surface area contributed by atoms with E-state index in [-0.39, 0.29) is 17.9 Å². The molecule has 0 aromatic heterocycles. The van der Waals surface area contributed by atoms with Gasteiger partial charge in [0.15, 0.2) is 5.60 Å². The maximum Gasteiger partial charge on any atom is 0.421 e. The van der Waals surface area contributed by atoms with Gasteiger partial charge in [0.05, 0.1) is 6.61 Å². The second-order valence-corrected chi connectivity index (χ2v) is 3.97. The van der Waals surface area contributed by atoms with Crippen molar-refractivity contribution in [1.82, 2.24) is 0 Å². The highest BCUT2D eigenvalue weighted by molar-refractivity contribution is 5.41.